The quantitative estimate of drug-likeness (QED) is 0.234. The molecule has 2 heterocycles. The molecule has 0 aliphatic heterocycles. The van der Waals surface area contributed by atoms with Gasteiger partial charge in [0.1, 0.15) is 17.2 Å². The third-order valence-electron chi connectivity index (χ3n) is 7.91. The fourth-order valence-corrected chi connectivity index (χ4v) is 5.96. The molecule has 1 aliphatic carbocycles. The van der Waals surface area contributed by atoms with Crippen molar-refractivity contribution in [3.05, 3.63) is 139 Å². The molecular weight excluding hydrogens is 488 g/mol. The summed E-state index contributed by atoms with van der Waals surface area (Å²) < 4.78 is 8.62. The molecule has 0 bridgehead atoms. The van der Waals surface area contributed by atoms with E-state index < -0.39 is 0 Å². The Morgan fingerprint density at radius 1 is 0.650 bits per heavy atom. The van der Waals surface area contributed by atoms with Crippen LogP contribution in [0.4, 0.5) is 0 Å². The number of imidazole rings is 1. The highest BCUT2D eigenvalue weighted by Gasteiger charge is 2.18. The van der Waals surface area contributed by atoms with Gasteiger partial charge in [-0.2, -0.15) is 0 Å². The van der Waals surface area contributed by atoms with Crippen LogP contribution in [0.2, 0.25) is 0 Å². The van der Waals surface area contributed by atoms with Crippen LogP contribution in [-0.4, -0.2) is 9.55 Å². The van der Waals surface area contributed by atoms with E-state index in [-0.39, 0.29) is 0 Å². The van der Waals surface area contributed by atoms with Crippen LogP contribution in [-0.2, 0) is 6.42 Å². The van der Waals surface area contributed by atoms with Crippen molar-refractivity contribution in [1.29, 1.82) is 0 Å². The molecule has 0 unspecified atom stereocenters. The van der Waals surface area contributed by atoms with Gasteiger partial charge in [-0.1, -0.05) is 103 Å². The number of nitrogens with zero attached hydrogens (tertiary/aromatic N) is 2. The normalized spacial score (nSPS) is 12.7. The zero-order chi connectivity index (χ0) is 26.5. The Kier molecular flexibility index (Phi) is 5.27. The van der Waals surface area contributed by atoms with Crippen LogP contribution in [0.3, 0.4) is 0 Å². The molecule has 0 radical (unpaired) electrons. The Balaban J connectivity index is 1.25. The molecule has 8 rings (SSSR count). The maximum Gasteiger partial charge on any atom is 0.145 e. The van der Waals surface area contributed by atoms with Gasteiger partial charge in [-0.05, 0) is 59.9 Å². The average molecular weight is 515 g/mol. The van der Waals surface area contributed by atoms with Crippen LogP contribution in [0.25, 0.3) is 67.4 Å². The van der Waals surface area contributed by atoms with Crippen LogP contribution < -0.4 is 0 Å². The first-order valence-electron chi connectivity index (χ1n) is 13.8. The first-order valence-corrected chi connectivity index (χ1v) is 13.8. The SMILES string of the molecule is C1=Cc2oc3c(-c4ccc(-c5nc6ccccc6n5-c5cccc(-c6ccccc6)c5)cc4)cccc3c2CC1. The zero-order valence-corrected chi connectivity index (χ0v) is 21.9. The van der Waals surface area contributed by atoms with E-state index in [2.05, 4.69) is 132 Å². The van der Waals surface area contributed by atoms with E-state index in [9.17, 15) is 0 Å². The van der Waals surface area contributed by atoms with Gasteiger partial charge >= 0.3 is 0 Å². The van der Waals surface area contributed by atoms with E-state index in [4.69, 9.17) is 9.40 Å². The summed E-state index contributed by atoms with van der Waals surface area (Å²) in [5.74, 6) is 1.92. The van der Waals surface area contributed by atoms with Gasteiger partial charge in [0, 0.05) is 27.8 Å². The summed E-state index contributed by atoms with van der Waals surface area (Å²) in [6.45, 7) is 0. The van der Waals surface area contributed by atoms with E-state index >= 15 is 0 Å². The first-order chi connectivity index (χ1) is 19.8. The lowest BCUT2D eigenvalue weighted by Gasteiger charge is -2.12. The largest absolute Gasteiger partial charge is 0.456 e. The summed E-state index contributed by atoms with van der Waals surface area (Å²) in [6, 6.07) is 42.7. The van der Waals surface area contributed by atoms with Gasteiger partial charge in [-0.3, -0.25) is 4.57 Å². The van der Waals surface area contributed by atoms with E-state index in [1.807, 2.05) is 6.07 Å². The Bertz CT molecular complexity index is 2040. The minimum atomic E-state index is 0.926. The minimum Gasteiger partial charge on any atom is -0.456 e. The summed E-state index contributed by atoms with van der Waals surface area (Å²) in [6.07, 6.45) is 6.41. The average Bonchev–Trinajstić information content (AvgIpc) is 3.61. The lowest BCUT2D eigenvalue weighted by atomic mass is 9.97. The molecule has 2 aromatic heterocycles. The van der Waals surface area contributed by atoms with Crippen LogP contribution in [0.1, 0.15) is 17.7 Å². The molecule has 5 aromatic carbocycles. The summed E-state index contributed by atoms with van der Waals surface area (Å²) in [4.78, 5) is 5.09. The molecule has 0 amide bonds. The molecule has 1 aliphatic rings. The van der Waals surface area contributed by atoms with Crippen molar-refractivity contribution in [2.45, 2.75) is 12.8 Å². The number of hydrogen-bond acceptors (Lipinski definition) is 2. The van der Waals surface area contributed by atoms with Crippen LogP contribution >= 0.6 is 0 Å². The summed E-state index contributed by atoms with van der Waals surface area (Å²) in [5, 5.41) is 1.22. The van der Waals surface area contributed by atoms with Gasteiger partial charge in [0.25, 0.3) is 0 Å². The zero-order valence-electron chi connectivity index (χ0n) is 21.9. The van der Waals surface area contributed by atoms with Crippen LogP contribution in [0, 0.1) is 0 Å². The highest BCUT2D eigenvalue weighted by Crippen LogP contribution is 2.38. The molecule has 40 heavy (non-hydrogen) atoms. The van der Waals surface area contributed by atoms with Crippen molar-refractivity contribution < 1.29 is 4.42 Å². The molecule has 0 N–H and O–H groups in total. The van der Waals surface area contributed by atoms with Crippen molar-refractivity contribution in [2.75, 3.05) is 0 Å². The first kappa shape index (κ1) is 22.8. The summed E-state index contributed by atoms with van der Waals surface area (Å²) >= 11 is 0. The lowest BCUT2D eigenvalue weighted by molar-refractivity contribution is 0.596. The van der Waals surface area contributed by atoms with E-state index in [1.54, 1.807) is 0 Å². The number of rotatable bonds is 4. The fraction of sp³-hybridized carbons (Fsp3) is 0.0541. The number of para-hydroxylation sites is 3. The molecule has 0 atom stereocenters. The van der Waals surface area contributed by atoms with Gasteiger partial charge in [0.05, 0.1) is 11.0 Å². The lowest BCUT2D eigenvalue weighted by Crippen LogP contribution is -1.98. The molecule has 3 nitrogen and oxygen atoms in total. The predicted octanol–water partition coefficient (Wildman–Crippen LogP) is 9.73. The molecule has 190 valence electrons. The highest BCUT2D eigenvalue weighted by molar-refractivity contribution is 5.96. The number of benzene rings is 5. The van der Waals surface area contributed by atoms with E-state index in [1.165, 1.54) is 22.1 Å². The number of furan rings is 1. The van der Waals surface area contributed by atoms with Gasteiger partial charge in [-0.25, -0.2) is 4.98 Å². The monoisotopic (exact) mass is 514 g/mol. The smallest absolute Gasteiger partial charge is 0.145 e. The van der Waals surface area contributed by atoms with Gasteiger partial charge in [0.2, 0.25) is 0 Å². The standard InChI is InChI=1S/C37H26N2O/c1-2-10-25(11-3-1)28-12-8-13-29(24-28)39-34-18-6-5-17-33(34)38-37(39)27-22-20-26(21-23-27)30-15-9-16-32-31-14-4-7-19-35(31)40-36(30)32/h1-3,5-13,15-24H,4,14H2. The second kappa shape index (κ2) is 9.25. The number of hydrogen-bond donors (Lipinski definition) is 0. The highest BCUT2D eigenvalue weighted by atomic mass is 16.3. The maximum atomic E-state index is 6.35. The fourth-order valence-electron chi connectivity index (χ4n) is 5.96. The number of allylic oxidation sites excluding steroid dienone is 1. The van der Waals surface area contributed by atoms with Crippen molar-refractivity contribution >= 4 is 28.1 Å². The number of aromatic nitrogens is 2. The Hall–Kier alpha value is -5.15. The second-order valence-corrected chi connectivity index (χ2v) is 10.3. The Morgan fingerprint density at radius 3 is 2.33 bits per heavy atom. The van der Waals surface area contributed by atoms with Crippen molar-refractivity contribution in [2.24, 2.45) is 0 Å². The minimum absolute atomic E-state index is 0.926. The molecule has 0 fully saturated rings. The Labute approximate surface area is 232 Å². The van der Waals surface area contributed by atoms with Gasteiger partial charge < -0.3 is 4.42 Å². The third-order valence-corrected chi connectivity index (χ3v) is 7.91. The third kappa shape index (κ3) is 3.70. The van der Waals surface area contributed by atoms with Gasteiger partial charge in [0.15, 0.2) is 0 Å². The Morgan fingerprint density at radius 2 is 1.43 bits per heavy atom. The number of aryl methyl sites for hydroxylation is 1. The van der Waals surface area contributed by atoms with Crippen LogP contribution in [0.5, 0.6) is 0 Å². The van der Waals surface area contributed by atoms with Crippen LogP contribution in [0.15, 0.2) is 132 Å². The number of fused-ring (bicyclic) bond motifs is 4. The molecule has 0 saturated heterocycles. The molecule has 3 heteroatoms. The topological polar surface area (TPSA) is 31.0 Å². The molecule has 7 aromatic rings. The molecular formula is C37H26N2O. The summed E-state index contributed by atoms with van der Waals surface area (Å²) in [5.41, 5.74) is 11.2. The molecule has 0 spiro atoms. The maximum absolute atomic E-state index is 6.35. The van der Waals surface area contributed by atoms with E-state index in [0.717, 1.165) is 63.4 Å². The van der Waals surface area contributed by atoms with E-state index in [0.29, 0.717) is 0 Å². The predicted molar refractivity (Wildman–Crippen MR) is 165 cm³/mol. The summed E-state index contributed by atoms with van der Waals surface area (Å²) in [7, 11) is 0. The van der Waals surface area contributed by atoms with Crippen molar-refractivity contribution in [3.63, 3.8) is 0 Å². The van der Waals surface area contributed by atoms with Crippen molar-refractivity contribution in [1.82, 2.24) is 9.55 Å². The molecule has 0 saturated carbocycles. The van der Waals surface area contributed by atoms with Gasteiger partial charge in [-0.15, -0.1) is 0 Å². The van der Waals surface area contributed by atoms with Crippen molar-refractivity contribution in [3.8, 4) is 39.3 Å². The second-order valence-electron chi connectivity index (χ2n) is 10.3.